The highest BCUT2D eigenvalue weighted by Crippen LogP contribution is 2.19. The molecule has 1 N–H and O–H groups in total. The summed E-state index contributed by atoms with van der Waals surface area (Å²) in [4.78, 5) is 26.9. The van der Waals surface area contributed by atoms with Gasteiger partial charge in [-0.25, -0.2) is 12.8 Å². The molecule has 168 valence electrons. The standard InChI is InChI=1S/C22H28FN3O4S/c1-4-24-22(28)17(2)25(14-13-18-9-6-5-7-10-18)21(27)16-26(31(3,29)30)20-12-8-11-19(23)15-20/h5-12,15,17H,4,13-14,16H2,1-3H3,(H,24,28)/t17-/m0/s1. The molecular weight excluding hydrogens is 421 g/mol. The number of likely N-dealkylation sites (N-methyl/N-ethyl adjacent to an activating group) is 1. The van der Waals surface area contributed by atoms with Crippen molar-refractivity contribution < 1.29 is 22.4 Å². The van der Waals surface area contributed by atoms with Crippen molar-refractivity contribution in [2.45, 2.75) is 26.3 Å². The van der Waals surface area contributed by atoms with Crippen molar-refractivity contribution in [2.24, 2.45) is 0 Å². The third-order valence-corrected chi connectivity index (χ3v) is 5.92. The molecule has 0 saturated heterocycles. The van der Waals surface area contributed by atoms with E-state index in [-0.39, 0.29) is 18.1 Å². The molecule has 1 atom stereocenters. The number of carbonyl (C=O) groups is 2. The average Bonchev–Trinajstić information content (AvgIpc) is 2.72. The highest BCUT2D eigenvalue weighted by Gasteiger charge is 2.29. The fourth-order valence-electron chi connectivity index (χ4n) is 3.14. The lowest BCUT2D eigenvalue weighted by atomic mass is 10.1. The summed E-state index contributed by atoms with van der Waals surface area (Å²) in [7, 11) is -3.87. The van der Waals surface area contributed by atoms with E-state index >= 15 is 0 Å². The quantitative estimate of drug-likeness (QED) is 0.602. The molecule has 31 heavy (non-hydrogen) atoms. The highest BCUT2D eigenvalue weighted by molar-refractivity contribution is 7.92. The normalized spacial score (nSPS) is 12.1. The fourth-order valence-corrected chi connectivity index (χ4v) is 3.98. The van der Waals surface area contributed by atoms with Crippen molar-refractivity contribution in [2.75, 3.05) is 30.2 Å². The van der Waals surface area contributed by atoms with Crippen molar-refractivity contribution in [1.82, 2.24) is 10.2 Å². The number of nitrogens with one attached hydrogen (secondary N) is 1. The molecule has 2 aromatic carbocycles. The van der Waals surface area contributed by atoms with Crippen LogP contribution < -0.4 is 9.62 Å². The number of nitrogens with zero attached hydrogens (tertiary/aromatic N) is 2. The van der Waals surface area contributed by atoms with Gasteiger partial charge in [-0.2, -0.15) is 0 Å². The summed E-state index contributed by atoms with van der Waals surface area (Å²) < 4.78 is 39.2. The van der Waals surface area contributed by atoms with Crippen LogP contribution in [0.1, 0.15) is 19.4 Å². The zero-order valence-corrected chi connectivity index (χ0v) is 18.7. The topological polar surface area (TPSA) is 86.8 Å². The van der Waals surface area contributed by atoms with Gasteiger partial charge in [-0.05, 0) is 44.0 Å². The molecule has 0 aromatic heterocycles. The van der Waals surface area contributed by atoms with E-state index in [0.717, 1.165) is 22.2 Å². The molecule has 9 heteroatoms. The smallest absolute Gasteiger partial charge is 0.244 e. The number of carbonyl (C=O) groups excluding carboxylic acids is 2. The minimum absolute atomic E-state index is 0.0459. The molecule has 0 bridgehead atoms. The summed E-state index contributed by atoms with van der Waals surface area (Å²) in [5, 5.41) is 2.69. The van der Waals surface area contributed by atoms with E-state index in [1.807, 2.05) is 30.3 Å². The molecule has 0 spiro atoms. The van der Waals surface area contributed by atoms with E-state index in [1.54, 1.807) is 13.8 Å². The third-order valence-electron chi connectivity index (χ3n) is 4.78. The zero-order valence-electron chi connectivity index (χ0n) is 17.9. The van der Waals surface area contributed by atoms with E-state index in [2.05, 4.69) is 5.32 Å². The predicted octanol–water partition coefficient (Wildman–Crippen LogP) is 2.19. The number of hydrogen-bond acceptors (Lipinski definition) is 4. The Balaban J connectivity index is 2.29. The van der Waals surface area contributed by atoms with Crippen LogP contribution in [0.5, 0.6) is 0 Å². The van der Waals surface area contributed by atoms with Crippen molar-refractivity contribution >= 4 is 27.5 Å². The molecular formula is C22H28FN3O4S. The maximum atomic E-state index is 13.7. The van der Waals surface area contributed by atoms with Gasteiger partial charge in [0.1, 0.15) is 18.4 Å². The number of halogens is 1. The van der Waals surface area contributed by atoms with E-state index in [0.29, 0.717) is 13.0 Å². The largest absolute Gasteiger partial charge is 0.355 e. The Kier molecular flexibility index (Phi) is 8.56. The first-order valence-electron chi connectivity index (χ1n) is 9.98. The van der Waals surface area contributed by atoms with Gasteiger partial charge in [0, 0.05) is 13.1 Å². The third kappa shape index (κ3) is 7.06. The van der Waals surface area contributed by atoms with Crippen LogP contribution in [0.2, 0.25) is 0 Å². The van der Waals surface area contributed by atoms with Crippen LogP contribution in [0.4, 0.5) is 10.1 Å². The van der Waals surface area contributed by atoms with E-state index in [9.17, 15) is 22.4 Å². The molecule has 2 aromatic rings. The first kappa shape index (κ1) is 24.3. The zero-order chi connectivity index (χ0) is 23.0. The lowest BCUT2D eigenvalue weighted by molar-refractivity contribution is -0.138. The number of anilines is 1. The van der Waals surface area contributed by atoms with E-state index < -0.39 is 34.3 Å². The Labute approximate surface area is 182 Å². The van der Waals surface area contributed by atoms with Gasteiger partial charge in [-0.1, -0.05) is 36.4 Å². The Hall–Kier alpha value is -2.94. The van der Waals surface area contributed by atoms with Crippen LogP contribution in [-0.4, -0.2) is 57.1 Å². The van der Waals surface area contributed by atoms with Crippen LogP contribution in [0.3, 0.4) is 0 Å². The van der Waals surface area contributed by atoms with Crippen molar-refractivity contribution in [3.8, 4) is 0 Å². The summed E-state index contributed by atoms with van der Waals surface area (Å²) in [6.45, 7) is 3.46. The maximum Gasteiger partial charge on any atom is 0.244 e. The van der Waals surface area contributed by atoms with Crippen molar-refractivity contribution in [3.05, 3.63) is 66.0 Å². The molecule has 0 aliphatic heterocycles. The Bertz CT molecular complexity index is 999. The fraction of sp³-hybridized carbons (Fsp3) is 0.364. The minimum atomic E-state index is -3.87. The second-order valence-electron chi connectivity index (χ2n) is 7.14. The molecule has 2 amide bonds. The van der Waals surface area contributed by atoms with Gasteiger partial charge in [0.05, 0.1) is 11.9 Å². The first-order chi connectivity index (χ1) is 14.6. The molecule has 0 aliphatic rings. The maximum absolute atomic E-state index is 13.7. The van der Waals surface area contributed by atoms with Gasteiger partial charge in [-0.15, -0.1) is 0 Å². The van der Waals surface area contributed by atoms with Crippen LogP contribution in [0.25, 0.3) is 0 Å². The summed E-state index contributed by atoms with van der Waals surface area (Å²) in [5.41, 5.74) is 1.03. The molecule has 0 unspecified atom stereocenters. The molecule has 7 nitrogen and oxygen atoms in total. The number of sulfonamides is 1. The summed E-state index contributed by atoms with van der Waals surface area (Å²) in [5.74, 6) is -1.50. The second kappa shape index (κ2) is 10.9. The Morgan fingerprint density at radius 2 is 1.77 bits per heavy atom. The lowest BCUT2D eigenvalue weighted by Crippen LogP contribution is -2.52. The molecule has 0 heterocycles. The summed E-state index contributed by atoms with van der Waals surface area (Å²) >= 11 is 0. The van der Waals surface area contributed by atoms with Gasteiger partial charge in [0.25, 0.3) is 0 Å². The number of amides is 2. The summed E-state index contributed by atoms with van der Waals surface area (Å²) in [6.07, 6.45) is 1.45. The molecule has 0 radical (unpaired) electrons. The number of benzene rings is 2. The predicted molar refractivity (Wildman–Crippen MR) is 119 cm³/mol. The van der Waals surface area contributed by atoms with Crippen LogP contribution in [0, 0.1) is 5.82 Å². The lowest BCUT2D eigenvalue weighted by Gasteiger charge is -2.31. The van der Waals surface area contributed by atoms with Gasteiger partial charge in [0.2, 0.25) is 21.8 Å². The molecule has 2 rings (SSSR count). The van der Waals surface area contributed by atoms with Crippen LogP contribution >= 0.6 is 0 Å². The first-order valence-corrected chi connectivity index (χ1v) is 11.8. The molecule has 0 aliphatic carbocycles. The molecule has 0 fully saturated rings. The van der Waals surface area contributed by atoms with Crippen molar-refractivity contribution in [1.29, 1.82) is 0 Å². The van der Waals surface area contributed by atoms with Gasteiger partial charge >= 0.3 is 0 Å². The van der Waals surface area contributed by atoms with Gasteiger partial charge in [0.15, 0.2) is 0 Å². The average molecular weight is 450 g/mol. The van der Waals surface area contributed by atoms with Gasteiger partial charge in [-0.3, -0.25) is 13.9 Å². The van der Waals surface area contributed by atoms with Crippen molar-refractivity contribution in [3.63, 3.8) is 0 Å². The number of rotatable bonds is 10. The second-order valence-corrected chi connectivity index (χ2v) is 9.05. The Morgan fingerprint density at radius 1 is 1.10 bits per heavy atom. The van der Waals surface area contributed by atoms with E-state index in [1.165, 1.54) is 23.1 Å². The molecule has 0 saturated carbocycles. The minimum Gasteiger partial charge on any atom is -0.355 e. The van der Waals surface area contributed by atoms with Crippen LogP contribution in [0.15, 0.2) is 54.6 Å². The highest BCUT2D eigenvalue weighted by atomic mass is 32.2. The monoisotopic (exact) mass is 449 g/mol. The van der Waals surface area contributed by atoms with Crippen LogP contribution in [-0.2, 0) is 26.0 Å². The van der Waals surface area contributed by atoms with E-state index in [4.69, 9.17) is 0 Å². The summed E-state index contributed by atoms with van der Waals surface area (Å²) in [6, 6.07) is 13.7. The number of hydrogen-bond donors (Lipinski definition) is 1. The Morgan fingerprint density at radius 3 is 2.35 bits per heavy atom. The SMILES string of the molecule is CCNC(=O)[C@H](C)N(CCc1ccccc1)C(=O)CN(c1cccc(F)c1)S(C)(=O)=O. The van der Waals surface area contributed by atoms with Gasteiger partial charge < -0.3 is 10.2 Å².